The Kier molecular flexibility index (Phi) is 5.17. The molecule has 9 heteroatoms. The van der Waals surface area contributed by atoms with Gasteiger partial charge in [-0.3, -0.25) is 4.79 Å². The van der Waals surface area contributed by atoms with Gasteiger partial charge in [-0.25, -0.2) is 22.7 Å². The maximum atomic E-state index is 13.6. The molecule has 152 valence electrons. The molecule has 1 amide bonds. The monoisotopic (exact) mass is 430 g/mol. The Morgan fingerprint density at radius 1 is 1.17 bits per heavy atom. The third-order valence-corrected chi connectivity index (χ3v) is 5.03. The molecule has 0 saturated carbocycles. The van der Waals surface area contributed by atoms with Crippen LogP contribution in [-0.2, 0) is 0 Å². The molecule has 1 N–H and O–H groups in total. The highest BCUT2D eigenvalue weighted by molar-refractivity contribution is 6.31. The fraction of sp³-hybridized carbons (Fsp3) is 0.0952. The predicted octanol–water partition coefficient (Wildman–Crippen LogP) is 5.69. The number of carbonyl (C=O) groups is 1. The molecule has 0 saturated heterocycles. The van der Waals surface area contributed by atoms with E-state index in [4.69, 9.17) is 11.6 Å². The lowest BCUT2D eigenvalue weighted by Gasteiger charge is -2.10. The van der Waals surface area contributed by atoms with Gasteiger partial charge in [-0.1, -0.05) is 17.7 Å². The molecule has 4 rings (SSSR count). The van der Waals surface area contributed by atoms with Crippen LogP contribution in [0, 0.1) is 12.7 Å². The summed E-state index contributed by atoms with van der Waals surface area (Å²) in [6.45, 7) is 1.74. The number of hydrogen-bond acceptors (Lipinski definition) is 3. The molecule has 0 bridgehead atoms. The number of carbonyl (C=O) groups excluding carboxylic acids is 1. The van der Waals surface area contributed by atoms with Crippen molar-refractivity contribution in [1.82, 2.24) is 14.6 Å². The van der Waals surface area contributed by atoms with Crippen LogP contribution in [0.3, 0.4) is 0 Å². The maximum absolute atomic E-state index is 13.6. The van der Waals surface area contributed by atoms with Gasteiger partial charge in [0.2, 0.25) is 0 Å². The molecule has 4 aromatic rings. The van der Waals surface area contributed by atoms with Crippen LogP contribution in [0.2, 0.25) is 5.02 Å². The zero-order valence-corrected chi connectivity index (χ0v) is 16.3. The summed E-state index contributed by atoms with van der Waals surface area (Å²) in [4.78, 5) is 17.2. The molecule has 5 nitrogen and oxygen atoms in total. The normalized spacial score (nSPS) is 11.3. The van der Waals surface area contributed by atoms with Gasteiger partial charge in [-0.2, -0.15) is 5.10 Å². The van der Waals surface area contributed by atoms with Crippen LogP contribution in [-0.4, -0.2) is 20.5 Å². The van der Waals surface area contributed by atoms with Gasteiger partial charge in [-0.05, 0) is 55.0 Å². The molecule has 0 unspecified atom stereocenters. The second kappa shape index (κ2) is 7.79. The predicted molar refractivity (Wildman–Crippen MR) is 107 cm³/mol. The van der Waals surface area contributed by atoms with Crippen LogP contribution in [0.5, 0.6) is 0 Å². The van der Waals surface area contributed by atoms with E-state index in [-0.39, 0.29) is 16.9 Å². The number of anilines is 1. The zero-order chi connectivity index (χ0) is 21.4. The van der Waals surface area contributed by atoms with Crippen LogP contribution in [0.4, 0.5) is 18.9 Å². The van der Waals surface area contributed by atoms with E-state index in [9.17, 15) is 18.0 Å². The molecule has 2 heterocycles. The Morgan fingerprint density at radius 2 is 1.90 bits per heavy atom. The van der Waals surface area contributed by atoms with Crippen molar-refractivity contribution in [2.24, 2.45) is 0 Å². The summed E-state index contributed by atoms with van der Waals surface area (Å²) in [6.07, 6.45) is -1.68. The van der Waals surface area contributed by atoms with E-state index < -0.39 is 23.8 Å². The summed E-state index contributed by atoms with van der Waals surface area (Å²) < 4.78 is 41.5. The number of rotatable bonds is 4. The SMILES string of the molecule is Cc1c(Cl)cccc1NC(=O)c1cnn2c(C(F)F)cc(-c3ccc(F)cc3)nc12. The third kappa shape index (κ3) is 3.61. The van der Waals surface area contributed by atoms with Crippen LogP contribution in [0.15, 0.2) is 54.7 Å². The fourth-order valence-corrected chi connectivity index (χ4v) is 3.18. The summed E-state index contributed by atoms with van der Waals surface area (Å²) in [7, 11) is 0. The van der Waals surface area contributed by atoms with Gasteiger partial charge in [0.1, 0.15) is 17.1 Å². The summed E-state index contributed by atoms with van der Waals surface area (Å²) in [5.41, 5.74) is 1.29. The molecule has 0 spiro atoms. The van der Waals surface area contributed by atoms with Crippen molar-refractivity contribution in [3.63, 3.8) is 0 Å². The summed E-state index contributed by atoms with van der Waals surface area (Å²) in [5.74, 6) is -1.03. The van der Waals surface area contributed by atoms with E-state index in [1.54, 1.807) is 25.1 Å². The van der Waals surface area contributed by atoms with E-state index in [2.05, 4.69) is 15.4 Å². The number of alkyl halides is 2. The Morgan fingerprint density at radius 3 is 2.60 bits per heavy atom. The van der Waals surface area contributed by atoms with E-state index >= 15 is 0 Å². The minimum absolute atomic E-state index is 0.0141. The van der Waals surface area contributed by atoms with Gasteiger partial charge >= 0.3 is 0 Å². The third-order valence-electron chi connectivity index (χ3n) is 4.62. The minimum atomic E-state index is -2.86. The number of halogens is 4. The Bertz CT molecular complexity index is 1260. The van der Waals surface area contributed by atoms with E-state index in [1.807, 2.05) is 0 Å². The molecular weight excluding hydrogens is 417 g/mol. The Balaban J connectivity index is 1.81. The van der Waals surface area contributed by atoms with Crippen molar-refractivity contribution >= 4 is 28.8 Å². The number of hydrogen-bond donors (Lipinski definition) is 1. The maximum Gasteiger partial charge on any atom is 0.280 e. The van der Waals surface area contributed by atoms with E-state index in [0.29, 0.717) is 21.8 Å². The van der Waals surface area contributed by atoms with Gasteiger partial charge in [0.05, 0.1) is 11.9 Å². The second-order valence-corrected chi connectivity index (χ2v) is 6.94. The smallest absolute Gasteiger partial charge is 0.280 e. The summed E-state index contributed by atoms with van der Waals surface area (Å²) >= 11 is 6.08. The lowest BCUT2D eigenvalue weighted by Crippen LogP contribution is -2.13. The van der Waals surface area contributed by atoms with Gasteiger partial charge in [0.25, 0.3) is 12.3 Å². The molecular formula is C21H14ClF3N4O. The van der Waals surface area contributed by atoms with Crippen molar-refractivity contribution in [3.8, 4) is 11.3 Å². The first-order chi connectivity index (χ1) is 14.3. The molecule has 2 aromatic heterocycles. The first-order valence-corrected chi connectivity index (χ1v) is 9.22. The molecule has 0 aliphatic rings. The number of nitrogens with one attached hydrogen (secondary N) is 1. The van der Waals surface area contributed by atoms with Crippen LogP contribution >= 0.6 is 11.6 Å². The molecule has 0 aliphatic heterocycles. The van der Waals surface area contributed by atoms with Crippen molar-refractivity contribution in [1.29, 1.82) is 0 Å². The quantitative estimate of drug-likeness (QED) is 0.452. The highest BCUT2D eigenvalue weighted by Crippen LogP contribution is 2.28. The first-order valence-electron chi connectivity index (χ1n) is 8.84. The molecule has 2 aromatic carbocycles. The van der Waals surface area contributed by atoms with Gasteiger partial charge in [0, 0.05) is 16.3 Å². The van der Waals surface area contributed by atoms with Crippen molar-refractivity contribution in [2.75, 3.05) is 5.32 Å². The zero-order valence-electron chi connectivity index (χ0n) is 15.5. The number of nitrogens with zero attached hydrogens (tertiary/aromatic N) is 3. The highest BCUT2D eigenvalue weighted by atomic mass is 35.5. The van der Waals surface area contributed by atoms with Crippen molar-refractivity contribution in [3.05, 3.63) is 82.4 Å². The lowest BCUT2D eigenvalue weighted by atomic mass is 10.1. The average Bonchev–Trinajstić information content (AvgIpc) is 3.15. The van der Waals surface area contributed by atoms with Crippen LogP contribution in [0.25, 0.3) is 16.9 Å². The molecule has 0 atom stereocenters. The molecule has 0 radical (unpaired) electrons. The van der Waals surface area contributed by atoms with Crippen LogP contribution < -0.4 is 5.32 Å². The van der Waals surface area contributed by atoms with E-state index in [0.717, 1.165) is 4.52 Å². The lowest BCUT2D eigenvalue weighted by molar-refractivity contribution is 0.102. The van der Waals surface area contributed by atoms with Crippen molar-refractivity contribution < 1.29 is 18.0 Å². The number of aromatic nitrogens is 3. The second-order valence-electron chi connectivity index (χ2n) is 6.53. The van der Waals surface area contributed by atoms with Crippen molar-refractivity contribution in [2.45, 2.75) is 13.3 Å². The van der Waals surface area contributed by atoms with E-state index in [1.165, 1.54) is 36.5 Å². The number of benzene rings is 2. The van der Waals surface area contributed by atoms with Gasteiger partial charge in [-0.15, -0.1) is 0 Å². The average molecular weight is 431 g/mol. The highest BCUT2D eigenvalue weighted by Gasteiger charge is 2.22. The minimum Gasteiger partial charge on any atom is -0.322 e. The standard InChI is InChI=1S/C21H14ClF3N4O/c1-11-15(22)3-2-4-16(11)28-21(30)14-10-26-29-18(19(24)25)9-17(27-20(14)29)12-5-7-13(23)8-6-12/h2-10,19H,1H3,(H,28,30). The number of amides is 1. The Labute approximate surface area is 174 Å². The topological polar surface area (TPSA) is 59.3 Å². The fourth-order valence-electron chi connectivity index (χ4n) is 3.00. The first kappa shape index (κ1) is 19.9. The Hall–Kier alpha value is -3.39. The van der Waals surface area contributed by atoms with Gasteiger partial charge in [0.15, 0.2) is 5.65 Å². The largest absolute Gasteiger partial charge is 0.322 e. The van der Waals surface area contributed by atoms with Crippen LogP contribution in [0.1, 0.15) is 28.0 Å². The molecule has 30 heavy (non-hydrogen) atoms. The molecule has 0 fully saturated rings. The number of fused-ring (bicyclic) bond motifs is 1. The summed E-state index contributed by atoms with van der Waals surface area (Å²) in [6, 6.07) is 11.5. The summed E-state index contributed by atoms with van der Waals surface area (Å²) in [5, 5.41) is 7.10. The molecule has 0 aliphatic carbocycles. The van der Waals surface area contributed by atoms with Gasteiger partial charge < -0.3 is 5.32 Å².